The van der Waals surface area contributed by atoms with Gasteiger partial charge in [-0.25, -0.2) is 27.5 Å². The monoisotopic (exact) mass is 435 g/mol. The van der Waals surface area contributed by atoms with Crippen LogP contribution >= 0.6 is 11.3 Å². The summed E-state index contributed by atoms with van der Waals surface area (Å²) < 4.78 is 54.5. The molecule has 11 heteroatoms. The lowest BCUT2D eigenvalue weighted by Crippen LogP contribution is -2.14. The number of hydrogen-bond donors (Lipinski definition) is 2. The van der Waals surface area contributed by atoms with Crippen LogP contribution in [0.1, 0.15) is 24.0 Å². The first kappa shape index (κ1) is 18.9. The molecule has 154 valence electrons. The maximum absolute atomic E-state index is 14.7. The number of carbonyl (C=O) groups is 1. The Hall–Kier alpha value is -3.08. The fourth-order valence-corrected chi connectivity index (χ4v) is 4.32. The number of nitrogens with one attached hydrogen (secondary N) is 2. The third kappa shape index (κ3) is 2.92. The number of nitrogens with zero attached hydrogens (tertiary/aromatic N) is 3. The van der Waals surface area contributed by atoms with Crippen molar-refractivity contribution in [2.75, 3.05) is 5.32 Å². The molecule has 2 N–H and O–H groups in total. The molecule has 4 aromatic rings. The molecule has 0 aliphatic heterocycles. The van der Waals surface area contributed by atoms with Crippen molar-refractivity contribution in [3.63, 3.8) is 0 Å². The Labute approximate surface area is 170 Å². The molecule has 0 spiro atoms. The summed E-state index contributed by atoms with van der Waals surface area (Å²) in [4.78, 5) is 21.1. The van der Waals surface area contributed by atoms with Crippen molar-refractivity contribution >= 4 is 43.6 Å². The first-order valence-corrected chi connectivity index (χ1v) is 9.83. The quantitative estimate of drug-likeness (QED) is 0.446. The van der Waals surface area contributed by atoms with Gasteiger partial charge in [0.05, 0.1) is 28.9 Å². The van der Waals surface area contributed by atoms with E-state index in [0.29, 0.717) is 27.0 Å². The molecule has 3 aromatic heterocycles. The first-order valence-electron chi connectivity index (χ1n) is 9.01. The van der Waals surface area contributed by atoms with Crippen LogP contribution in [0.25, 0.3) is 32.5 Å². The SMILES string of the molecule is Cc1c(F)c(C(F)F)c2[nH]ncc2c1-c1ccc2nc(NC(=O)[C@@H]3C[C@@H]3F)sc2n1. The van der Waals surface area contributed by atoms with Gasteiger partial charge >= 0.3 is 0 Å². The maximum atomic E-state index is 14.7. The Morgan fingerprint density at radius 1 is 1.33 bits per heavy atom. The number of amides is 1. The first-order chi connectivity index (χ1) is 14.3. The van der Waals surface area contributed by atoms with Gasteiger partial charge in [0.15, 0.2) is 5.13 Å². The number of H-pyrrole nitrogens is 1. The van der Waals surface area contributed by atoms with Crippen molar-refractivity contribution in [3.05, 3.63) is 35.3 Å². The Morgan fingerprint density at radius 2 is 2.10 bits per heavy atom. The molecule has 1 aliphatic carbocycles. The Kier molecular flexibility index (Phi) is 4.24. The maximum Gasteiger partial charge on any atom is 0.268 e. The number of rotatable bonds is 4. The number of alkyl halides is 3. The third-order valence-corrected chi connectivity index (χ3v) is 6.01. The average Bonchev–Trinajstić information content (AvgIpc) is 3.08. The van der Waals surface area contributed by atoms with E-state index in [1.165, 1.54) is 13.1 Å². The lowest BCUT2D eigenvalue weighted by atomic mass is 9.96. The van der Waals surface area contributed by atoms with Crippen LogP contribution in [0, 0.1) is 18.7 Å². The van der Waals surface area contributed by atoms with E-state index in [9.17, 15) is 22.4 Å². The number of carbonyl (C=O) groups excluding carboxylic acids is 1. The predicted octanol–water partition coefficient (Wildman–Crippen LogP) is 4.92. The molecule has 0 bridgehead atoms. The fourth-order valence-electron chi connectivity index (χ4n) is 3.48. The molecule has 30 heavy (non-hydrogen) atoms. The number of fused-ring (bicyclic) bond motifs is 2. The van der Waals surface area contributed by atoms with Crippen LogP contribution in [0.2, 0.25) is 0 Å². The number of hydrogen-bond acceptors (Lipinski definition) is 5. The van der Waals surface area contributed by atoms with Gasteiger partial charge in [-0.3, -0.25) is 9.89 Å². The van der Waals surface area contributed by atoms with Gasteiger partial charge < -0.3 is 5.32 Å². The lowest BCUT2D eigenvalue weighted by molar-refractivity contribution is -0.117. The van der Waals surface area contributed by atoms with Crippen molar-refractivity contribution in [1.82, 2.24) is 20.2 Å². The summed E-state index contributed by atoms with van der Waals surface area (Å²) in [5, 5.41) is 9.43. The molecule has 3 heterocycles. The molecule has 2 atom stereocenters. The average molecular weight is 435 g/mol. The summed E-state index contributed by atoms with van der Waals surface area (Å²) in [6, 6.07) is 3.24. The molecular weight excluding hydrogens is 422 g/mol. The smallest absolute Gasteiger partial charge is 0.268 e. The number of anilines is 1. The highest BCUT2D eigenvalue weighted by Crippen LogP contribution is 2.40. The van der Waals surface area contributed by atoms with Crippen LogP contribution in [-0.2, 0) is 4.79 Å². The van der Waals surface area contributed by atoms with E-state index >= 15 is 0 Å². The van der Waals surface area contributed by atoms with E-state index < -0.39 is 35.8 Å². The largest absolute Gasteiger partial charge is 0.302 e. The highest BCUT2D eigenvalue weighted by atomic mass is 32.1. The molecule has 6 nitrogen and oxygen atoms in total. The molecule has 0 saturated heterocycles. The standard InChI is InChI=1S/C19H13F4N5OS/c1-6-12(8-5-24-28-15(8)13(14(6)21)16(22)23)10-2-3-11-18(25-10)30-19(26-11)27-17(29)7-4-9(7)20/h2-3,5,7,9,16H,4H2,1H3,(H,24,28)(H,26,27,29)/t7-,9+/m1/s1. The number of halogens is 4. The van der Waals surface area contributed by atoms with E-state index in [1.807, 2.05) is 0 Å². The minimum absolute atomic E-state index is 0.0341. The summed E-state index contributed by atoms with van der Waals surface area (Å²) >= 11 is 1.09. The van der Waals surface area contributed by atoms with Gasteiger partial charge in [-0.15, -0.1) is 0 Å². The van der Waals surface area contributed by atoms with Crippen LogP contribution in [0.5, 0.6) is 0 Å². The van der Waals surface area contributed by atoms with Crippen molar-refractivity contribution in [2.24, 2.45) is 5.92 Å². The minimum atomic E-state index is -3.00. The normalized spacial score (nSPS) is 18.5. The van der Waals surface area contributed by atoms with Crippen LogP contribution in [0.15, 0.2) is 18.3 Å². The zero-order valence-corrected chi connectivity index (χ0v) is 16.2. The predicted molar refractivity (Wildman–Crippen MR) is 104 cm³/mol. The van der Waals surface area contributed by atoms with E-state index in [4.69, 9.17) is 0 Å². The van der Waals surface area contributed by atoms with Crippen molar-refractivity contribution in [3.8, 4) is 11.3 Å². The van der Waals surface area contributed by atoms with Crippen LogP contribution < -0.4 is 5.32 Å². The van der Waals surface area contributed by atoms with E-state index in [0.717, 1.165) is 11.3 Å². The Bertz CT molecular complexity index is 1320. The Morgan fingerprint density at radius 3 is 2.80 bits per heavy atom. The van der Waals surface area contributed by atoms with E-state index in [-0.39, 0.29) is 22.6 Å². The van der Waals surface area contributed by atoms with Gasteiger partial charge in [0, 0.05) is 10.9 Å². The van der Waals surface area contributed by atoms with Gasteiger partial charge in [0.25, 0.3) is 6.43 Å². The topological polar surface area (TPSA) is 83.6 Å². The minimum Gasteiger partial charge on any atom is -0.302 e. The molecule has 1 aliphatic rings. The summed E-state index contributed by atoms with van der Waals surface area (Å²) in [7, 11) is 0. The second-order valence-corrected chi connectivity index (χ2v) is 8.05. The number of pyridine rings is 1. The summed E-state index contributed by atoms with van der Waals surface area (Å²) in [5.74, 6) is -2.09. The summed E-state index contributed by atoms with van der Waals surface area (Å²) in [5.41, 5.74) is 0.439. The van der Waals surface area contributed by atoms with Gasteiger partial charge in [-0.2, -0.15) is 5.10 Å². The molecule has 1 aromatic carbocycles. The Balaban J connectivity index is 1.59. The van der Waals surface area contributed by atoms with E-state index in [1.54, 1.807) is 12.1 Å². The van der Waals surface area contributed by atoms with Gasteiger partial charge in [-0.05, 0) is 31.0 Å². The molecule has 0 radical (unpaired) electrons. The van der Waals surface area contributed by atoms with Crippen molar-refractivity contribution in [2.45, 2.75) is 25.9 Å². The number of aromatic nitrogens is 4. The molecule has 5 rings (SSSR count). The van der Waals surface area contributed by atoms with Crippen molar-refractivity contribution < 1.29 is 22.4 Å². The molecule has 0 unspecified atom stereocenters. The van der Waals surface area contributed by atoms with E-state index in [2.05, 4.69) is 25.5 Å². The molecule has 1 amide bonds. The lowest BCUT2D eigenvalue weighted by Gasteiger charge is -2.12. The zero-order valence-electron chi connectivity index (χ0n) is 15.3. The molecule has 1 fully saturated rings. The van der Waals surface area contributed by atoms with Crippen molar-refractivity contribution in [1.29, 1.82) is 0 Å². The summed E-state index contributed by atoms with van der Waals surface area (Å²) in [6.07, 6.45) is -2.55. The number of thiazole rings is 1. The van der Waals surface area contributed by atoms with Gasteiger partial charge in [-0.1, -0.05) is 11.3 Å². The second-order valence-electron chi connectivity index (χ2n) is 7.07. The highest BCUT2D eigenvalue weighted by Gasteiger charge is 2.43. The van der Waals surface area contributed by atoms with Gasteiger partial charge in [0.2, 0.25) is 5.91 Å². The van der Waals surface area contributed by atoms with Crippen LogP contribution in [0.4, 0.5) is 22.7 Å². The van der Waals surface area contributed by atoms with Gasteiger partial charge in [0.1, 0.15) is 22.3 Å². The van der Waals surface area contributed by atoms with Crippen LogP contribution in [-0.4, -0.2) is 32.2 Å². The fraction of sp³-hybridized carbons (Fsp3) is 0.263. The molecule has 1 saturated carbocycles. The second kappa shape index (κ2) is 6.73. The summed E-state index contributed by atoms with van der Waals surface area (Å²) in [6.45, 7) is 1.41. The number of benzene rings is 1. The third-order valence-electron chi connectivity index (χ3n) is 5.13. The molecular formula is C19H13F4N5OS. The highest BCUT2D eigenvalue weighted by molar-refractivity contribution is 7.22. The number of aromatic amines is 1. The zero-order chi connectivity index (χ0) is 21.2. The van der Waals surface area contributed by atoms with Crippen LogP contribution in [0.3, 0.4) is 0 Å².